The summed E-state index contributed by atoms with van der Waals surface area (Å²) >= 11 is 0. The summed E-state index contributed by atoms with van der Waals surface area (Å²) in [6.45, 7) is 2.71. The van der Waals surface area contributed by atoms with Gasteiger partial charge in [0.15, 0.2) is 0 Å². The van der Waals surface area contributed by atoms with Crippen LogP contribution in [0.15, 0.2) is 23.0 Å². The summed E-state index contributed by atoms with van der Waals surface area (Å²) in [4.78, 5) is 13.6. The fourth-order valence-electron chi connectivity index (χ4n) is 1.07. The minimum atomic E-state index is -0.0447. The zero-order valence-corrected chi connectivity index (χ0v) is 7.21. The highest BCUT2D eigenvalue weighted by atomic mass is 16.1. The number of H-pyrrole nitrogens is 1. The Bertz CT molecular complexity index is 293. The molecular formula is C9H14N2O. The Morgan fingerprint density at radius 1 is 1.58 bits per heavy atom. The van der Waals surface area contributed by atoms with Crippen molar-refractivity contribution < 1.29 is 0 Å². The first-order valence-electron chi connectivity index (χ1n) is 4.10. The third kappa shape index (κ3) is 2.51. The van der Waals surface area contributed by atoms with Crippen LogP contribution in [0.1, 0.15) is 12.6 Å². The number of hydrogen-bond acceptors (Lipinski definition) is 2. The van der Waals surface area contributed by atoms with Crippen molar-refractivity contribution in [2.45, 2.75) is 13.3 Å². The predicted molar refractivity (Wildman–Crippen MR) is 49.0 cm³/mol. The van der Waals surface area contributed by atoms with E-state index in [2.05, 4.69) is 11.9 Å². The molecule has 3 N–H and O–H groups in total. The summed E-state index contributed by atoms with van der Waals surface area (Å²) in [6, 6.07) is 5.18. The van der Waals surface area contributed by atoms with Crippen LogP contribution in [0, 0.1) is 5.92 Å². The summed E-state index contributed by atoms with van der Waals surface area (Å²) < 4.78 is 0. The van der Waals surface area contributed by atoms with E-state index in [1.165, 1.54) is 6.07 Å². The van der Waals surface area contributed by atoms with Crippen molar-refractivity contribution in [3.8, 4) is 0 Å². The average molecular weight is 166 g/mol. The van der Waals surface area contributed by atoms with Crippen molar-refractivity contribution in [2.75, 3.05) is 6.54 Å². The minimum absolute atomic E-state index is 0.0447. The third-order valence-corrected chi connectivity index (χ3v) is 1.80. The Kier molecular flexibility index (Phi) is 3.05. The molecule has 3 nitrogen and oxygen atoms in total. The third-order valence-electron chi connectivity index (χ3n) is 1.80. The van der Waals surface area contributed by atoms with Crippen LogP contribution in [0.2, 0.25) is 0 Å². The molecule has 1 atom stereocenters. The van der Waals surface area contributed by atoms with E-state index in [1.807, 2.05) is 6.07 Å². The minimum Gasteiger partial charge on any atom is -0.330 e. The molecular weight excluding hydrogens is 152 g/mol. The van der Waals surface area contributed by atoms with Gasteiger partial charge in [-0.2, -0.15) is 0 Å². The lowest BCUT2D eigenvalue weighted by atomic mass is 10.1. The Morgan fingerprint density at radius 3 is 2.92 bits per heavy atom. The molecule has 0 aliphatic carbocycles. The molecule has 0 saturated heterocycles. The molecule has 0 bridgehead atoms. The molecule has 0 aliphatic rings. The van der Waals surface area contributed by atoms with Crippen LogP contribution in [0.3, 0.4) is 0 Å². The van der Waals surface area contributed by atoms with Gasteiger partial charge in [0.2, 0.25) is 5.56 Å². The average Bonchev–Trinajstić information content (AvgIpc) is 2.04. The molecule has 1 aromatic heterocycles. The molecule has 0 saturated carbocycles. The number of hydrogen-bond donors (Lipinski definition) is 2. The SMILES string of the molecule is CC(CN)Cc1cccc(=O)[nH]1. The quantitative estimate of drug-likeness (QED) is 0.687. The highest BCUT2D eigenvalue weighted by Crippen LogP contribution is 2.01. The molecule has 1 heterocycles. The number of nitrogens with two attached hydrogens (primary N) is 1. The fourth-order valence-corrected chi connectivity index (χ4v) is 1.07. The van der Waals surface area contributed by atoms with Crippen molar-refractivity contribution in [2.24, 2.45) is 11.7 Å². The van der Waals surface area contributed by atoms with Crippen molar-refractivity contribution in [1.29, 1.82) is 0 Å². The lowest BCUT2D eigenvalue weighted by Crippen LogP contribution is -2.16. The van der Waals surface area contributed by atoms with Gasteiger partial charge in [-0.05, 0) is 24.9 Å². The van der Waals surface area contributed by atoms with E-state index in [9.17, 15) is 4.79 Å². The first-order valence-corrected chi connectivity index (χ1v) is 4.10. The van der Waals surface area contributed by atoms with Crippen molar-refractivity contribution in [3.05, 3.63) is 34.2 Å². The Balaban J connectivity index is 2.69. The van der Waals surface area contributed by atoms with E-state index in [1.54, 1.807) is 6.07 Å². The molecule has 0 fully saturated rings. The van der Waals surface area contributed by atoms with E-state index in [4.69, 9.17) is 5.73 Å². The van der Waals surface area contributed by atoms with Gasteiger partial charge in [0, 0.05) is 11.8 Å². The van der Waals surface area contributed by atoms with Crippen LogP contribution in [-0.4, -0.2) is 11.5 Å². The van der Waals surface area contributed by atoms with Gasteiger partial charge in [-0.25, -0.2) is 0 Å². The molecule has 0 radical (unpaired) electrons. The van der Waals surface area contributed by atoms with E-state index in [-0.39, 0.29) is 5.56 Å². The molecule has 1 unspecified atom stereocenters. The number of aromatic nitrogens is 1. The maximum Gasteiger partial charge on any atom is 0.248 e. The maximum absolute atomic E-state index is 10.9. The number of rotatable bonds is 3. The monoisotopic (exact) mass is 166 g/mol. The van der Waals surface area contributed by atoms with Gasteiger partial charge in [0.1, 0.15) is 0 Å². The predicted octanol–water partition coefficient (Wildman–Crippen LogP) is 0.512. The molecule has 0 spiro atoms. The summed E-state index contributed by atoms with van der Waals surface area (Å²) in [5.74, 6) is 0.419. The Labute approximate surface area is 71.6 Å². The summed E-state index contributed by atoms with van der Waals surface area (Å²) in [6.07, 6.45) is 0.840. The van der Waals surface area contributed by atoms with Crippen LogP contribution in [0.25, 0.3) is 0 Å². The van der Waals surface area contributed by atoms with Crippen molar-refractivity contribution in [3.63, 3.8) is 0 Å². The maximum atomic E-state index is 10.9. The Morgan fingerprint density at radius 2 is 2.33 bits per heavy atom. The van der Waals surface area contributed by atoms with Crippen molar-refractivity contribution >= 4 is 0 Å². The zero-order valence-electron chi connectivity index (χ0n) is 7.21. The molecule has 1 aromatic rings. The Hall–Kier alpha value is -1.09. The highest BCUT2D eigenvalue weighted by molar-refractivity contribution is 5.04. The van der Waals surface area contributed by atoms with Crippen LogP contribution in [-0.2, 0) is 6.42 Å². The second kappa shape index (κ2) is 4.07. The van der Waals surface area contributed by atoms with Gasteiger partial charge >= 0.3 is 0 Å². The van der Waals surface area contributed by atoms with Crippen LogP contribution in [0.5, 0.6) is 0 Å². The van der Waals surface area contributed by atoms with Crippen LogP contribution in [0.4, 0.5) is 0 Å². The second-order valence-electron chi connectivity index (χ2n) is 3.09. The number of pyridine rings is 1. The second-order valence-corrected chi connectivity index (χ2v) is 3.09. The van der Waals surface area contributed by atoms with Gasteiger partial charge in [0.05, 0.1) is 0 Å². The molecule has 0 amide bonds. The molecule has 1 rings (SSSR count). The fraction of sp³-hybridized carbons (Fsp3) is 0.444. The lowest BCUT2D eigenvalue weighted by Gasteiger charge is -2.06. The van der Waals surface area contributed by atoms with E-state index in [0.717, 1.165) is 12.1 Å². The molecule has 0 aromatic carbocycles. The molecule has 0 aliphatic heterocycles. The molecule has 12 heavy (non-hydrogen) atoms. The van der Waals surface area contributed by atoms with Crippen LogP contribution < -0.4 is 11.3 Å². The lowest BCUT2D eigenvalue weighted by molar-refractivity contribution is 0.583. The summed E-state index contributed by atoms with van der Waals surface area (Å²) in [5.41, 5.74) is 6.38. The summed E-state index contributed by atoms with van der Waals surface area (Å²) in [5, 5.41) is 0. The van der Waals surface area contributed by atoms with Gasteiger partial charge in [-0.3, -0.25) is 4.79 Å². The van der Waals surface area contributed by atoms with Crippen LogP contribution >= 0.6 is 0 Å². The van der Waals surface area contributed by atoms with Crippen molar-refractivity contribution in [1.82, 2.24) is 4.98 Å². The normalized spacial score (nSPS) is 12.8. The van der Waals surface area contributed by atoms with Gasteiger partial charge < -0.3 is 10.7 Å². The van der Waals surface area contributed by atoms with E-state index >= 15 is 0 Å². The standard InChI is InChI=1S/C9H14N2O/c1-7(6-10)5-8-3-2-4-9(12)11-8/h2-4,7H,5-6,10H2,1H3,(H,11,12). The number of nitrogens with one attached hydrogen (secondary N) is 1. The molecule has 3 heteroatoms. The smallest absolute Gasteiger partial charge is 0.248 e. The highest BCUT2D eigenvalue weighted by Gasteiger charge is 2.00. The largest absolute Gasteiger partial charge is 0.330 e. The van der Waals surface area contributed by atoms with Gasteiger partial charge in [0.25, 0.3) is 0 Å². The van der Waals surface area contributed by atoms with E-state index in [0.29, 0.717) is 12.5 Å². The first kappa shape index (κ1) is 9.00. The first-order chi connectivity index (χ1) is 5.72. The van der Waals surface area contributed by atoms with Gasteiger partial charge in [-0.1, -0.05) is 13.0 Å². The van der Waals surface area contributed by atoms with E-state index < -0.39 is 0 Å². The number of aromatic amines is 1. The summed E-state index contributed by atoms with van der Waals surface area (Å²) in [7, 11) is 0. The zero-order chi connectivity index (χ0) is 8.97. The van der Waals surface area contributed by atoms with Gasteiger partial charge in [-0.15, -0.1) is 0 Å². The molecule has 66 valence electrons. The topological polar surface area (TPSA) is 58.9 Å².